The highest BCUT2D eigenvalue weighted by Crippen LogP contribution is 2.15. The van der Waals surface area contributed by atoms with Crippen LogP contribution in [0.2, 0.25) is 0 Å². The van der Waals surface area contributed by atoms with E-state index in [9.17, 15) is 4.79 Å². The van der Waals surface area contributed by atoms with Crippen molar-refractivity contribution >= 4 is 21.8 Å². The molecule has 0 unspecified atom stereocenters. The molecule has 0 aliphatic rings. The Balaban J connectivity index is 2.04. The Bertz CT molecular complexity index is 555. The van der Waals surface area contributed by atoms with Gasteiger partial charge in [0.1, 0.15) is 0 Å². The van der Waals surface area contributed by atoms with E-state index >= 15 is 0 Å². The molecule has 1 aromatic carbocycles. The van der Waals surface area contributed by atoms with Crippen molar-refractivity contribution in [3.05, 3.63) is 63.9 Å². The van der Waals surface area contributed by atoms with Crippen molar-refractivity contribution in [1.82, 2.24) is 10.3 Å². The Hall–Kier alpha value is -1.68. The minimum atomic E-state index is -0.109. The van der Waals surface area contributed by atoms with Gasteiger partial charge in [0.25, 0.3) is 5.91 Å². The second-order valence-corrected chi connectivity index (χ2v) is 4.91. The van der Waals surface area contributed by atoms with Gasteiger partial charge in [-0.1, -0.05) is 22.0 Å². The number of aromatic nitrogens is 1. The van der Waals surface area contributed by atoms with Crippen LogP contribution in [0.25, 0.3) is 0 Å². The summed E-state index contributed by atoms with van der Waals surface area (Å²) in [5.74, 6) is -0.109. The molecule has 0 aliphatic carbocycles. The number of halogens is 1. The summed E-state index contributed by atoms with van der Waals surface area (Å²) < 4.78 is 1.01. The van der Waals surface area contributed by atoms with Crippen LogP contribution >= 0.6 is 15.9 Å². The normalized spacial score (nSPS) is 10.1. The van der Waals surface area contributed by atoms with E-state index in [1.807, 2.05) is 25.1 Å². The van der Waals surface area contributed by atoms with E-state index in [1.54, 1.807) is 24.5 Å². The molecule has 2 aromatic rings. The van der Waals surface area contributed by atoms with E-state index in [1.165, 1.54) is 0 Å². The zero-order valence-electron chi connectivity index (χ0n) is 9.98. The number of amides is 1. The van der Waals surface area contributed by atoms with E-state index < -0.39 is 0 Å². The Morgan fingerprint density at radius 2 is 2.22 bits per heavy atom. The lowest BCUT2D eigenvalue weighted by molar-refractivity contribution is 0.0950. The summed E-state index contributed by atoms with van der Waals surface area (Å²) in [5, 5.41) is 2.88. The van der Waals surface area contributed by atoms with Gasteiger partial charge in [0.05, 0.1) is 5.56 Å². The molecule has 0 aliphatic heterocycles. The highest BCUT2D eigenvalue weighted by atomic mass is 79.9. The third-order valence-corrected chi connectivity index (χ3v) is 3.17. The average Bonchev–Trinajstić information content (AvgIpc) is 2.40. The first-order valence-corrected chi connectivity index (χ1v) is 6.39. The van der Waals surface area contributed by atoms with Crippen LogP contribution in [0, 0.1) is 6.92 Å². The Morgan fingerprint density at radius 1 is 1.39 bits per heavy atom. The molecule has 0 fully saturated rings. The Labute approximate surface area is 114 Å². The molecule has 0 bridgehead atoms. The molecule has 92 valence electrons. The molecule has 18 heavy (non-hydrogen) atoms. The van der Waals surface area contributed by atoms with E-state index in [2.05, 4.69) is 26.2 Å². The summed E-state index contributed by atoms with van der Waals surface area (Å²) in [4.78, 5) is 15.8. The molecule has 4 heteroatoms. The molecule has 0 atom stereocenters. The van der Waals surface area contributed by atoms with Gasteiger partial charge in [0, 0.05) is 23.4 Å². The molecular weight excluding hydrogens is 292 g/mol. The first kappa shape index (κ1) is 12.8. The quantitative estimate of drug-likeness (QED) is 0.947. The maximum atomic E-state index is 11.9. The smallest absolute Gasteiger partial charge is 0.253 e. The number of rotatable bonds is 3. The van der Waals surface area contributed by atoms with Crippen LogP contribution in [-0.4, -0.2) is 10.9 Å². The molecular formula is C14H13BrN2O. The summed E-state index contributed by atoms with van der Waals surface area (Å²) in [6.45, 7) is 2.54. The maximum Gasteiger partial charge on any atom is 0.253 e. The predicted molar refractivity (Wildman–Crippen MR) is 74.3 cm³/mol. The number of hydrogen-bond donors (Lipinski definition) is 1. The molecule has 1 aromatic heterocycles. The zero-order chi connectivity index (χ0) is 13.0. The fourth-order valence-electron chi connectivity index (χ4n) is 1.61. The van der Waals surface area contributed by atoms with E-state index in [-0.39, 0.29) is 5.91 Å². The average molecular weight is 305 g/mol. The van der Waals surface area contributed by atoms with Crippen molar-refractivity contribution in [2.45, 2.75) is 13.5 Å². The number of nitrogens with one attached hydrogen (secondary N) is 1. The standard InChI is InChI=1S/C14H13BrN2O/c1-10-4-5-13(15)7-12(10)9-17-14(18)11-3-2-6-16-8-11/h2-8H,9H2,1H3,(H,17,18). The molecule has 2 rings (SSSR count). The van der Waals surface area contributed by atoms with Gasteiger partial charge in [-0.2, -0.15) is 0 Å². The summed E-state index contributed by atoms with van der Waals surface area (Å²) in [7, 11) is 0. The van der Waals surface area contributed by atoms with Crippen LogP contribution in [0.5, 0.6) is 0 Å². The van der Waals surface area contributed by atoms with E-state index in [4.69, 9.17) is 0 Å². The van der Waals surface area contributed by atoms with Gasteiger partial charge in [-0.05, 0) is 42.3 Å². The molecule has 0 spiro atoms. The summed E-state index contributed by atoms with van der Waals surface area (Å²) in [5.41, 5.74) is 2.83. The second kappa shape index (κ2) is 5.78. The van der Waals surface area contributed by atoms with Gasteiger partial charge < -0.3 is 5.32 Å². The number of pyridine rings is 1. The highest BCUT2D eigenvalue weighted by molar-refractivity contribution is 9.10. The van der Waals surface area contributed by atoms with Gasteiger partial charge in [-0.15, -0.1) is 0 Å². The predicted octanol–water partition coefficient (Wildman–Crippen LogP) is 3.08. The Morgan fingerprint density at radius 3 is 2.94 bits per heavy atom. The van der Waals surface area contributed by atoms with Gasteiger partial charge in [-0.25, -0.2) is 0 Å². The SMILES string of the molecule is Cc1ccc(Br)cc1CNC(=O)c1cccnc1. The van der Waals surface area contributed by atoms with Gasteiger partial charge >= 0.3 is 0 Å². The fourth-order valence-corrected chi connectivity index (χ4v) is 2.01. The van der Waals surface area contributed by atoms with Crippen LogP contribution < -0.4 is 5.32 Å². The van der Waals surface area contributed by atoms with Crippen LogP contribution in [0.3, 0.4) is 0 Å². The lowest BCUT2D eigenvalue weighted by Crippen LogP contribution is -2.23. The lowest BCUT2D eigenvalue weighted by Gasteiger charge is -2.08. The third-order valence-electron chi connectivity index (χ3n) is 2.67. The fraction of sp³-hybridized carbons (Fsp3) is 0.143. The number of hydrogen-bond acceptors (Lipinski definition) is 2. The van der Waals surface area contributed by atoms with Crippen molar-refractivity contribution in [2.24, 2.45) is 0 Å². The third kappa shape index (κ3) is 3.17. The topological polar surface area (TPSA) is 42.0 Å². The van der Waals surface area contributed by atoms with Crippen molar-refractivity contribution in [1.29, 1.82) is 0 Å². The Kier molecular flexibility index (Phi) is 4.10. The highest BCUT2D eigenvalue weighted by Gasteiger charge is 2.06. The summed E-state index contributed by atoms with van der Waals surface area (Å²) in [6, 6.07) is 9.52. The lowest BCUT2D eigenvalue weighted by atomic mass is 10.1. The van der Waals surface area contributed by atoms with Gasteiger partial charge in [0.2, 0.25) is 0 Å². The number of benzene rings is 1. The van der Waals surface area contributed by atoms with E-state index in [0.717, 1.165) is 15.6 Å². The number of carbonyl (C=O) groups is 1. The van der Waals surface area contributed by atoms with Crippen molar-refractivity contribution in [3.63, 3.8) is 0 Å². The molecule has 0 saturated heterocycles. The number of aryl methyl sites for hydroxylation is 1. The van der Waals surface area contributed by atoms with E-state index in [0.29, 0.717) is 12.1 Å². The minimum Gasteiger partial charge on any atom is -0.348 e. The van der Waals surface area contributed by atoms with Crippen molar-refractivity contribution in [2.75, 3.05) is 0 Å². The molecule has 1 amide bonds. The van der Waals surface area contributed by atoms with Gasteiger partial charge in [0.15, 0.2) is 0 Å². The maximum absolute atomic E-state index is 11.9. The molecule has 0 saturated carbocycles. The largest absolute Gasteiger partial charge is 0.348 e. The molecule has 1 N–H and O–H groups in total. The second-order valence-electron chi connectivity index (χ2n) is 4.00. The summed E-state index contributed by atoms with van der Waals surface area (Å²) in [6.07, 6.45) is 3.21. The minimum absolute atomic E-state index is 0.109. The molecule has 0 radical (unpaired) electrons. The van der Waals surface area contributed by atoms with Crippen LogP contribution in [-0.2, 0) is 6.54 Å². The molecule has 1 heterocycles. The monoisotopic (exact) mass is 304 g/mol. The summed E-state index contributed by atoms with van der Waals surface area (Å²) >= 11 is 3.43. The van der Waals surface area contributed by atoms with Gasteiger partial charge in [-0.3, -0.25) is 9.78 Å². The van der Waals surface area contributed by atoms with Crippen molar-refractivity contribution in [3.8, 4) is 0 Å². The first-order valence-electron chi connectivity index (χ1n) is 5.60. The number of carbonyl (C=O) groups excluding carboxylic acids is 1. The van der Waals surface area contributed by atoms with Crippen LogP contribution in [0.15, 0.2) is 47.2 Å². The number of nitrogens with zero attached hydrogens (tertiary/aromatic N) is 1. The van der Waals surface area contributed by atoms with Crippen LogP contribution in [0.1, 0.15) is 21.5 Å². The molecule has 3 nitrogen and oxygen atoms in total. The van der Waals surface area contributed by atoms with Crippen molar-refractivity contribution < 1.29 is 4.79 Å². The first-order chi connectivity index (χ1) is 8.66. The van der Waals surface area contributed by atoms with Crippen LogP contribution in [0.4, 0.5) is 0 Å². The zero-order valence-corrected chi connectivity index (χ0v) is 11.6.